The molecule has 0 spiro atoms. The summed E-state index contributed by atoms with van der Waals surface area (Å²) in [6, 6.07) is 26.4. The second-order valence-electron chi connectivity index (χ2n) is 9.41. The molecular formula is C32H27FO2. The van der Waals surface area contributed by atoms with Gasteiger partial charge in [-0.2, -0.15) is 0 Å². The van der Waals surface area contributed by atoms with Crippen molar-refractivity contribution in [3.8, 4) is 0 Å². The van der Waals surface area contributed by atoms with Gasteiger partial charge >= 0.3 is 5.97 Å². The number of carbonyl (C=O) groups is 1. The van der Waals surface area contributed by atoms with Gasteiger partial charge in [-0.1, -0.05) is 72.8 Å². The summed E-state index contributed by atoms with van der Waals surface area (Å²) in [4.78, 5) is 12.6. The van der Waals surface area contributed by atoms with Gasteiger partial charge in [-0.25, -0.2) is 4.39 Å². The Labute approximate surface area is 204 Å². The van der Waals surface area contributed by atoms with Gasteiger partial charge in [0.2, 0.25) is 0 Å². The minimum atomic E-state index is -0.187. The third-order valence-electron chi connectivity index (χ3n) is 7.53. The molecule has 1 aliphatic carbocycles. The van der Waals surface area contributed by atoms with Crippen molar-refractivity contribution >= 4 is 38.3 Å². The van der Waals surface area contributed by atoms with Gasteiger partial charge in [-0.15, -0.1) is 0 Å². The summed E-state index contributed by atoms with van der Waals surface area (Å²) in [5, 5.41) is 6.19. The van der Waals surface area contributed by atoms with Crippen molar-refractivity contribution in [3.05, 3.63) is 107 Å². The number of hydrogen-bond acceptors (Lipinski definition) is 2. The molecule has 5 aromatic rings. The smallest absolute Gasteiger partial charge is 0.310 e. The zero-order chi connectivity index (χ0) is 23.9. The van der Waals surface area contributed by atoms with Crippen molar-refractivity contribution in [2.75, 3.05) is 6.61 Å². The average molecular weight is 463 g/mol. The second kappa shape index (κ2) is 8.81. The van der Waals surface area contributed by atoms with E-state index in [0.717, 1.165) is 46.4 Å². The Bertz CT molecular complexity index is 1600. The standard InChI is InChI=1S/C32H27FO2/c1-2-35-32(34)19-30-21-8-4-3-7-20(21)13-14-28(30)23-10-5-9-22-25(23)15-16-27-24-11-6-12-31(33)29(24)18-17-26(22)27/h3-4,6-8,11-18,23H,2,5,9-10,19H2,1H3. The molecule has 0 saturated carbocycles. The predicted molar refractivity (Wildman–Crippen MR) is 140 cm³/mol. The third-order valence-corrected chi connectivity index (χ3v) is 7.53. The predicted octanol–water partition coefficient (Wildman–Crippen LogP) is 7.86. The minimum Gasteiger partial charge on any atom is -0.466 e. The van der Waals surface area contributed by atoms with Gasteiger partial charge in [-0.05, 0) is 81.4 Å². The summed E-state index contributed by atoms with van der Waals surface area (Å²) in [5.74, 6) is -0.159. The number of halogens is 1. The van der Waals surface area contributed by atoms with Gasteiger partial charge in [0.05, 0.1) is 13.0 Å². The monoisotopic (exact) mass is 462 g/mol. The number of aryl methyl sites for hydroxylation is 1. The van der Waals surface area contributed by atoms with E-state index in [-0.39, 0.29) is 24.1 Å². The molecule has 0 aliphatic heterocycles. The first-order chi connectivity index (χ1) is 17.2. The fraction of sp³-hybridized carbons (Fsp3) is 0.219. The topological polar surface area (TPSA) is 26.3 Å². The Balaban J connectivity index is 1.54. The molecule has 2 nitrogen and oxygen atoms in total. The van der Waals surface area contributed by atoms with Crippen molar-refractivity contribution in [2.24, 2.45) is 0 Å². The van der Waals surface area contributed by atoms with Crippen LogP contribution in [0.15, 0.2) is 78.9 Å². The summed E-state index contributed by atoms with van der Waals surface area (Å²) in [7, 11) is 0. The van der Waals surface area contributed by atoms with Crippen LogP contribution >= 0.6 is 0 Å². The average Bonchev–Trinajstić information content (AvgIpc) is 2.88. The highest BCUT2D eigenvalue weighted by Gasteiger charge is 2.27. The van der Waals surface area contributed by atoms with Crippen molar-refractivity contribution in [1.82, 2.24) is 0 Å². The molecule has 0 saturated heterocycles. The van der Waals surface area contributed by atoms with Crippen LogP contribution in [0.4, 0.5) is 4.39 Å². The maximum absolute atomic E-state index is 14.4. The SMILES string of the molecule is CCOC(=O)Cc1c(C2CCCc3c2ccc2c3ccc3c(F)cccc32)ccc2ccccc12. The number of carbonyl (C=O) groups excluding carboxylic acids is 1. The molecule has 0 N–H and O–H groups in total. The Morgan fingerprint density at radius 1 is 0.829 bits per heavy atom. The van der Waals surface area contributed by atoms with Crippen LogP contribution in [-0.4, -0.2) is 12.6 Å². The Morgan fingerprint density at radius 3 is 2.46 bits per heavy atom. The lowest BCUT2D eigenvalue weighted by Gasteiger charge is -2.29. The molecule has 0 radical (unpaired) electrons. The van der Waals surface area contributed by atoms with Gasteiger partial charge in [-0.3, -0.25) is 4.79 Å². The van der Waals surface area contributed by atoms with E-state index in [0.29, 0.717) is 12.0 Å². The van der Waals surface area contributed by atoms with Crippen LogP contribution in [0.2, 0.25) is 0 Å². The number of rotatable bonds is 4. The lowest BCUT2D eigenvalue weighted by molar-refractivity contribution is -0.142. The maximum Gasteiger partial charge on any atom is 0.310 e. The summed E-state index contributed by atoms with van der Waals surface area (Å²) < 4.78 is 19.8. The van der Waals surface area contributed by atoms with E-state index in [1.54, 1.807) is 6.07 Å². The number of ether oxygens (including phenoxy) is 1. The van der Waals surface area contributed by atoms with Crippen LogP contribution in [-0.2, 0) is 22.4 Å². The van der Waals surface area contributed by atoms with Crippen molar-refractivity contribution < 1.29 is 13.9 Å². The van der Waals surface area contributed by atoms with E-state index in [4.69, 9.17) is 4.74 Å². The molecule has 5 aromatic carbocycles. The van der Waals surface area contributed by atoms with Crippen LogP contribution in [0.1, 0.15) is 47.9 Å². The normalized spacial score (nSPS) is 15.4. The lowest BCUT2D eigenvalue weighted by atomic mass is 9.75. The second-order valence-corrected chi connectivity index (χ2v) is 9.41. The molecule has 0 fully saturated rings. The number of benzene rings is 5. The summed E-state index contributed by atoms with van der Waals surface area (Å²) >= 11 is 0. The number of esters is 1. The summed E-state index contributed by atoms with van der Waals surface area (Å²) in [5.41, 5.74) is 4.95. The van der Waals surface area contributed by atoms with Gasteiger partial charge < -0.3 is 4.74 Å². The van der Waals surface area contributed by atoms with Crippen LogP contribution in [0, 0.1) is 5.82 Å². The van der Waals surface area contributed by atoms with Crippen LogP contribution in [0.3, 0.4) is 0 Å². The molecular weight excluding hydrogens is 435 g/mol. The molecule has 6 rings (SSSR count). The van der Waals surface area contributed by atoms with E-state index < -0.39 is 0 Å². The molecule has 0 heterocycles. The van der Waals surface area contributed by atoms with Crippen molar-refractivity contribution in [3.63, 3.8) is 0 Å². The summed E-state index contributed by atoms with van der Waals surface area (Å²) in [6.07, 6.45) is 3.39. The molecule has 1 unspecified atom stereocenters. The van der Waals surface area contributed by atoms with Gasteiger partial charge in [0.15, 0.2) is 0 Å². The Morgan fingerprint density at radius 2 is 1.57 bits per heavy atom. The zero-order valence-corrected chi connectivity index (χ0v) is 19.8. The van der Waals surface area contributed by atoms with E-state index in [1.165, 1.54) is 28.1 Å². The Hall–Kier alpha value is -3.72. The van der Waals surface area contributed by atoms with E-state index in [9.17, 15) is 9.18 Å². The molecule has 174 valence electrons. The van der Waals surface area contributed by atoms with Crippen molar-refractivity contribution in [2.45, 2.75) is 38.5 Å². The minimum absolute atomic E-state index is 0.181. The largest absolute Gasteiger partial charge is 0.466 e. The van der Waals surface area contributed by atoms with Gasteiger partial charge in [0.1, 0.15) is 5.82 Å². The van der Waals surface area contributed by atoms with E-state index in [1.807, 2.05) is 31.2 Å². The molecule has 35 heavy (non-hydrogen) atoms. The van der Waals surface area contributed by atoms with Gasteiger partial charge in [0.25, 0.3) is 0 Å². The first-order valence-electron chi connectivity index (χ1n) is 12.4. The van der Waals surface area contributed by atoms with Crippen molar-refractivity contribution in [1.29, 1.82) is 0 Å². The highest BCUT2D eigenvalue weighted by Crippen LogP contribution is 2.43. The number of hydrogen-bond donors (Lipinski definition) is 0. The number of fused-ring (bicyclic) bond motifs is 6. The molecule has 0 bridgehead atoms. The molecule has 0 aromatic heterocycles. The first-order valence-corrected chi connectivity index (χ1v) is 12.4. The maximum atomic E-state index is 14.4. The molecule has 1 aliphatic rings. The highest BCUT2D eigenvalue weighted by atomic mass is 19.1. The third kappa shape index (κ3) is 3.67. The van der Waals surface area contributed by atoms with Crippen LogP contribution in [0.5, 0.6) is 0 Å². The Kier molecular flexibility index (Phi) is 5.49. The quantitative estimate of drug-likeness (QED) is 0.201. The zero-order valence-electron chi connectivity index (χ0n) is 19.8. The van der Waals surface area contributed by atoms with Crippen LogP contribution < -0.4 is 0 Å². The highest BCUT2D eigenvalue weighted by molar-refractivity contribution is 6.09. The van der Waals surface area contributed by atoms with Crippen LogP contribution in [0.25, 0.3) is 32.3 Å². The molecule has 0 amide bonds. The molecule has 1 atom stereocenters. The van der Waals surface area contributed by atoms with Gasteiger partial charge in [0, 0.05) is 11.3 Å². The van der Waals surface area contributed by atoms with E-state index >= 15 is 0 Å². The summed E-state index contributed by atoms with van der Waals surface area (Å²) in [6.45, 7) is 2.23. The lowest BCUT2D eigenvalue weighted by Crippen LogP contribution is -2.16. The molecule has 3 heteroatoms. The van der Waals surface area contributed by atoms with E-state index in [2.05, 4.69) is 42.5 Å². The fourth-order valence-corrected chi connectivity index (χ4v) is 6.01. The fourth-order valence-electron chi connectivity index (χ4n) is 6.01. The first kappa shape index (κ1) is 21.8.